The van der Waals surface area contributed by atoms with E-state index in [0.29, 0.717) is 17.4 Å². The lowest BCUT2D eigenvalue weighted by Crippen LogP contribution is -2.45. The van der Waals surface area contributed by atoms with Crippen LogP contribution in [-0.4, -0.2) is 61.4 Å². The number of carbonyl (C=O) groups is 2. The van der Waals surface area contributed by atoms with Crippen molar-refractivity contribution >= 4 is 11.9 Å². The van der Waals surface area contributed by atoms with Gasteiger partial charge in [0, 0.05) is 12.4 Å². The van der Waals surface area contributed by atoms with E-state index in [4.69, 9.17) is 4.74 Å². The topological polar surface area (TPSA) is 86.7 Å². The van der Waals surface area contributed by atoms with E-state index in [1.165, 1.54) is 25.7 Å². The second-order valence-electron chi connectivity index (χ2n) is 8.98. The van der Waals surface area contributed by atoms with E-state index in [0.717, 1.165) is 32.1 Å². The number of hydrogen-bond donors (Lipinski definition) is 1. The number of aliphatic hydroxyl groups excluding tert-OH is 1. The first-order chi connectivity index (χ1) is 13.6. The number of allylic oxidation sites excluding steroid dienone is 2. The van der Waals surface area contributed by atoms with Gasteiger partial charge in [-0.25, -0.2) is 0 Å². The molecule has 0 bridgehead atoms. The highest BCUT2D eigenvalue weighted by atomic mass is 16.5. The van der Waals surface area contributed by atoms with Crippen molar-refractivity contribution in [2.75, 3.05) is 27.7 Å². The predicted octanol–water partition coefficient (Wildman–Crippen LogP) is 2.97. The zero-order chi connectivity index (χ0) is 22.1. The Labute approximate surface area is 177 Å². The SMILES string of the molecule is CCCCCC/C=C\CCCCCC(O)CC(=O)O[C@@H](CC(=O)[O-])C[N+](C)(C)C. The van der Waals surface area contributed by atoms with E-state index >= 15 is 0 Å². The van der Waals surface area contributed by atoms with Crippen LogP contribution >= 0.6 is 0 Å². The summed E-state index contributed by atoms with van der Waals surface area (Å²) in [6, 6.07) is 0. The molecule has 0 fully saturated rings. The number of rotatable bonds is 18. The van der Waals surface area contributed by atoms with Crippen molar-refractivity contribution in [3.05, 3.63) is 12.2 Å². The van der Waals surface area contributed by atoms with Crippen molar-refractivity contribution < 1.29 is 29.0 Å². The number of nitrogens with zero attached hydrogens (tertiary/aromatic N) is 1. The van der Waals surface area contributed by atoms with Crippen molar-refractivity contribution in [3.8, 4) is 0 Å². The Morgan fingerprint density at radius 1 is 0.966 bits per heavy atom. The molecule has 0 aromatic carbocycles. The molecule has 0 saturated carbocycles. The zero-order valence-corrected chi connectivity index (χ0v) is 19.0. The lowest BCUT2D eigenvalue weighted by atomic mass is 10.1. The summed E-state index contributed by atoms with van der Waals surface area (Å²) in [5.41, 5.74) is 0. The van der Waals surface area contributed by atoms with Gasteiger partial charge >= 0.3 is 5.97 Å². The molecule has 1 N–H and O–H groups in total. The molecule has 0 amide bonds. The molecule has 1 unspecified atom stereocenters. The number of aliphatic hydroxyl groups is 1. The summed E-state index contributed by atoms with van der Waals surface area (Å²) in [6.45, 7) is 2.60. The molecule has 29 heavy (non-hydrogen) atoms. The number of carboxylic acids is 1. The maximum absolute atomic E-state index is 12.0. The number of esters is 1. The van der Waals surface area contributed by atoms with Crippen molar-refractivity contribution in [1.82, 2.24) is 0 Å². The second kappa shape index (κ2) is 16.4. The highest BCUT2D eigenvalue weighted by molar-refractivity contribution is 5.71. The van der Waals surface area contributed by atoms with Gasteiger partial charge in [0.2, 0.25) is 0 Å². The van der Waals surface area contributed by atoms with E-state index < -0.39 is 24.1 Å². The van der Waals surface area contributed by atoms with Gasteiger partial charge in [0.25, 0.3) is 0 Å². The molecule has 0 aromatic rings. The molecule has 0 aliphatic carbocycles. The number of unbranched alkanes of at least 4 members (excludes halogenated alkanes) is 7. The normalized spacial score (nSPS) is 14.1. The average molecular weight is 414 g/mol. The van der Waals surface area contributed by atoms with Crippen molar-refractivity contribution in [2.24, 2.45) is 0 Å². The van der Waals surface area contributed by atoms with Crippen LogP contribution in [0.1, 0.15) is 84.0 Å². The van der Waals surface area contributed by atoms with Crippen LogP contribution in [0, 0.1) is 0 Å². The number of carboxylic acid groups (broad SMARTS) is 1. The molecular weight excluding hydrogens is 370 g/mol. The van der Waals surface area contributed by atoms with Crippen LogP contribution in [-0.2, 0) is 14.3 Å². The van der Waals surface area contributed by atoms with Crippen molar-refractivity contribution in [3.63, 3.8) is 0 Å². The smallest absolute Gasteiger partial charge is 0.308 e. The number of aliphatic carboxylic acids is 1. The van der Waals surface area contributed by atoms with Crippen LogP contribution in [0.15, 0.2) is 12.2 Å². The van der Waals surface area contributed by atoms with Crippen LogP contribution in [0.2, 0.25) is 0 Å². The number of likely N-dealkylation sites (N-methyl/N-ethyl adjacent to an activating group) is 1. The van der Waals surface area contributed by atoms with Crippen molar-refractivity contribution in [1.29, 1.82) is 0 Å². The van der Waals surface area contributed by atoms with Gasteiger partial charge in [-0.3, -0.25) is 4.79 Å². The molecule has 0 rings (SSSR count). The van der Waals surface area contributed by atoms with Crippen LogP contribution in [0.3, 0.4) is 0 Å². The Morgan fingerprint density at radius 3 is 2.07 bits per heavy atom. The molecular formula is C23H43NO5. The summed E-state index contributed by atoms with van der Waals surface area (Å²) in [5, 5.41) is 20.9. The van der Waals surface area contributed by atoms with E-state index in [1.807, 2.05) is 21.1 Å². The van der Waals surface area contributed by atoms with Gasteiger partial charge in [0.1, 0.15) is 6.54 Å². The fourth-order valence-corrected chi connectivity index (χ4v) is 3.21. The Morgan fingerprint density at radius 2 is 1.55 bits per heavy atom. The number of quaternary nitrogens is 1. The summed E-state index contributed by atoms with van der Waals surface area (Å²) in [7, 11) is 5.69. The molecule has 0 radical (unpaired) electrons. The summed E-state index contributed by atoms with van der Waals surface area (Å²) in [6.07, 6.45) is 13.5. The van der Waals surface area contributed by atoms with Crippen LogP contribution in [0.4, 0.5) is 0 Å². The lowest BCUT2D eigenvalue weighted by molar-refractivity contribution is -0.873. The first-order valence-corrected chi connectivity index (χ1v) is 11.2. The minimum atomic E-state index is -1.24. The second-order valence-corrected chi connectivity index (χ2v) is 8.98. The molecule has 170 valence electrons. The average Bonchev–Trinajstić information content (AvgIpc) is 2.57. The van der Waals surface area contributed by atoms with Gasteiger partial charge in [-0.15, -0.1) is 0 Å². The van der Waals surface area contributed by atoms with Gasteiger partial charge in [-0.05, 0) is 32.1 Å². The molecule has 0 spiro atoms. The minimum Gasteiger partial charge on any atom is -0.550 e. The molecule has 0 aliphatic heterocycles. The Kier molecular flexibility index (Phi) is 15.6. The van der Waals surface area contributed by atoms with Gasteiger partial charge in [-0.1, -0.05) is 51.2 Å². The van der Waals surface area contributed by atoms with Crippen LogP contribution in [0.25, 0.3) is 0 Å². The van der Waals surface area contributed by atoms with E-state index in [9.17, 15) is 19.8 Å². The molecule has 0 aromatic heterocycles. The molecule has 0 aliphatic rings. The summed E-state index contributed by atoms with van der Waals surface area (Å²) >= 11 is 0. The highest BCUT2D eigenvalue weighted by Gasteiger charge is 2.23. The predicted molar refractivity (Wildman–Crippen MR) is 114 cm³/mol. The Balaban J connectivity index is 3.91. The third-order valence-electron chi connectivity index (χ3n) is 4.65. The zero-order valence-electron chi connectivity index (χ0n) is 19.0. The number of carbonyl (C=O) groups excluding carboxylic acids is 2. The number of hydrogen-bond acceptors (Lipinski definition) is 5. The molecule has 6 nitrogen and oxygen atoms in total. The molecule has 0 heterocycles. The first kappa shape index (κ1) is 27.6. The van der Waals surface area contributed by atoms with Crippen molar-refractivity contribution in [2.45, 2.75) is 96.2 Å². The highest BCUT2D eigenvalue weighted by Crippen LogP contribution is 2.12. The van der Waals surface area contributed by atoms with Crippen LogP contribution < -0.4 is 5.11 Å². The third-order valence-corrected chi connectivity index (χ3v) is 4.65. The monoisotopic (exact) mass is 413 g/mol. The fourth-order valence-electron chi connectivity index (χ4n) is 3.21. The maximum Gasteiger partial charge on any atom is 0.308 e. The van der Waals surface area contributed by atoms with E-state index in [-0.39, 0.29) is 12.8 Å². The molecule has 0 saturated heterocycles. The summed E-state index contributed by atoms with van der Waals surface area (Å²) < 4.78 is 5.74. The van der Waals surface area contributed by atoms with Gasteiger partial charge in [-0.2, -0.15) is 0 Å². The molecule has 6 heteroatoms. The lowest BCUT2D eigenvalue weighted by Gasteiger charge is -2.29. The number of ether oxygens (including phenoxy) is 1. The van der Waals surface area contributed by atoms with E-state index in [1.54, 1.807) is 0 Å². The summed E-state index contributed by atoms with van der Waals surface area (Å²) in [4.78, 5) is 22.9. The van der Waals surface area contributed by atoms with Crippen LogP contribution in [0.5, 0.6) is 0 Å². The quantitative estimate of drug-likeness (QED) is 0.162. The molecule has 2 atom stereocenters. The minimum absolute atomic E-state index is 0.0989. The van der Waals surface area contributed by atoms with Gasteiger partial charge < -0.3 is 24.2 Å². The Hall–Kier alpha value is -1.40. The van der Waals surface area contributed by atoms with E-state index in [2.05, 4.69) is 19.1 Å². The Bertz CT molecular complexity index is 470. The third kappa shape index (κ3) is 19.7. The maximum atomic E-state index is 12.0. The van der Waals surface area contributed by atoms with Gasteiger partial charge in [0.05, 0.1) is 33.7 Å². The van der Waals surface area contributed by atoms with Gasteiger partial charge in [0.15, 0.2) is 6.10 Å². The first-order valence-electron chi connectivity index (χ1n) is 11.2. The fraction of sp³-hybridized carbons (Fsp3) is 0.826. The summed E-state index contributed by atoms with van der Waals surface area (Å²) in [5.74, 6) is -1.80. The standard InChI is InChI=1S/C23H43NO5/c1-5-6-7-8-9-10-11-12-13-14-15-16-20(25)17-23(28)29-21(18-22(26)27)19-24(2,3)4/h10-11,20-21,25H,5-9,12-19H2,1-4H3/b11-10-/t20?,21-/m0/s1. The largest absolute Gasteiger partial charge is 0.550 e.